The van der Waals surface area contributed by atoms with Crippen LogP contribution in [0.5, 0.6) is 0 Å². The van der Waals surface area contributed by atoms with Gasteiger partial charge >= 0.3 is 0 Å². The number of nitrogens with one attached hydrogen (secondary N) is 2. The van der Waals surface area contributed by atoms with Crippen LogP contribution in [-0.2, 0) is 11.3 Å². The lowest BCUT2D eigenvalue weighted by molar-refractivity contribution is -0.122. The highest BCUT2D eigenvalue weighted by molar-refractivity contribution is 5.76. The number of amides is 1. The van der Waals surface area contributed by atoms with Crippen LogP contribution in [0.1, 0.15) is 32.5 Å². The molecule has 0 radical (unpaired) electrons. The van der Waals surface area contributed by atoms with Crippen LogP contribution >= 0.6 is 0 Å². The standard InChI is InChI=1S/C11H21N5O/c1-8(2)3-9(5-12)4-11(17)13-6-10-14-7-15-16-10/h7-9H,3-6,12H2,1-2H3,(H,13,17)(H,14,15,16)/t9-/m0/s1. The van der Waals surface area contributed by atoms with Gasteiger partial charge in [-0.15, -0.1) is 0 Å². The summed E-state index contributed by atoms with van der Waals surface area (Å²) >= 11 is 0. The Balaban J connectivity index is 2.27. The quantitative estimate of drug-likeness (QED) is 0.643. The molecule has 1 atom stereocenters. The van der Waals surface area contributed by atoms with Crippen LogP contribution in [0.15, 0.2) is 6.33 Å². The summed E-state index contributed by atoms with van der Waals surface area (Å²) in [6, 6.07) is 0. The molecule has 1 amide bonds. The van der Waals surface area contributed by atoms with E-state index in [0.717, 1.165) is 6.42 Å². The van der Waals surface area contributed by atoms with E-state index in [-0.39, 0.29) is 11.8 Å². The van der Waals surface area contributed by atoms with Gasteiger partial charge in [-0.2, -0.15) is 5.10 Å². The van der Waals surface area contributed by atoms with Gasteiger partial charge in [0.15, 0.2) is 0 Å². The Morgan fingerprint density at radius 1 is 1.59 bits per heavy atom. The minimum absolute atomic E-state index is 0.0116. The third kappa shape index (κ3) is 5.44. The number of nitrogens with zero attached hydrogens (tertiary/aromatic N) is 2. The molecule has 0 saturated carbocycles. The molecule has 1 rings (SSSR count). The first-order chi connectivity index (χ1) is 8.11. The molecule has 6 heteroatoms. The number of H-pyrrole nitrogens is 1. The molecule has 1 aromatic heterocycles. The van der Waals surface area contributed by atoms with Gasteiger partial charge in [0, 0.05) is 6.42 Å². The average molecular weight is 239 g/mol. The Morgan fingerprint density at radius 3 is 2.88 bits per heavy atom. The molecule has 17 heavy (non-hydrogen) atoms. The summed E-state index contributed by atoms with van der Waals surface area (Å²) in [7, 11) is 0. The molecule has 6 nitrogen and oxygen atoms in total. The normalized spacial score (nSPS) is 12.7. The minimum atomic E-state index is 0.0116. The molecular formula is C11H21N5O. The number of carbonyl (C=O) groups excluding carboxylic acids is 1. The van der Waals surface area contributed by atoms with E-state index in [4.69, 9.17) is 5.73 Å². The first kappa shape index (κ1) is 13.6. The molecule has 0 saturated heterocycles. The lowest BCUT2D eigenvalue weighted by Gasteiger charge is -2.16. The topological polar surface area (TPSA) is 96.7 Å². The number of aromatic amines is 1. The Kier molecular flexibility index (Phi) is 5.62. The van der Waals surface area contributed by atoms with Crippen LogP contribution in [-0.4, -0.2) is 27.6 Å². The summed E-state index contributed by atoms with van der Waals surface area (Å²) in [6.45, 7) is 5.20. The number of nitrogens with two attached hydrogens (primary N) is 1. The number of hydrogen-bond donors (Lipinski definition) is 3. The van der Waals surface area contributed by atoms with Crippen LogP contribution < -0.4 is 11.1 Å². The fourth-order valence-electron chi connectivity index (χ4n) is 1.76. The molecule has 0 aliphatic heterocycles. The van der Waals surface area contributed by atoms with Gasteiger partial charge in [0.1, 0.15) is 12.2 Å². The van der Waals surface area contributed by atoms with Crippen molar-refractivity contribution < 1.29 is 4.79 Å². The van der Waals surface area contributed by atoms with E-state index in [9.17, 15) is 4.79 Å². The minimum Gasteiger partial charge on any atom is -0.349 e. The highest BCUT2D eigenvalue weighted by Crippen LogP contribution is 2.13. The average Bonchev–Trinajstić information content (AvgIpc) is 2.77. The summed E-state index contributed by atoms with van der Waals surface area (Å²) in [5.74, 6) is 1.49. The highest BCUT2D eigenvalue weighted by atomic mass is 16.1. The zero-order valence-corrected chi connectivity index (χ0v) is 10.4. The summed E-state index contributed by atoms with van der Waals surface area (Å²) in [6.07, 6.45) is 2.87. The number of hydrogen-bond acceptors (Lipinski definition) is 4. The molecule has 0 spiro atoms. The molecule has 96 valence electrons. The van der Waals surface area contributed by atoms with E-state index < -0.39 is 0 Å². The van der Waals surface area contributed by atoms with Crippen LogP contribution in [0, 0.1) is 11.8 Å². The molecule has 0 aliphatic carbocycles. The molecule has 0 bridgehead atoms. The molecule has 1 aromatic rings. The maximum Gasteiger partial charge on any atom is 0.220 e. The van der Waals surface area contributed by atoms with Gasteiger partial charge in [0.05, 0.1) is 6.54 Å². The van der Waals surface area contributed by atoms with E-state index in [2.05, 4.69) is 34.3 Å². The third-order valence-electron chi connectivity index (χ3n) is 2.53. The van der Waals surface area contributed by atoms with Gasteiger partial charge in [-0.3, -0.25) is 9.89 Å². The second-order valence-electron chi connectivity index (χ2n) is 4.64. The van der Waals surface area contributed by atoms with Crippen LogP contribution in [0.4, 0.5) is 0 Å². The summed E-state index contributed by atoms with van der Waals surface area (Å²) in [5.41, 5.74) is 5.65. The molecule has 0 aliphatic rings. The highest BCUT2D eigenvalue weighted by Gasteiger charge is 2.13. The van der Waals surface area contributed by atoms with Gasteiger partial charge in [-0.1, -0.05) is 13.8 Å². The second kappa shape index (κ2) is 7.01. The van der Waals surface area contributed by atoms with Crippen molar-refractivity contribution in [2.75, 3.05) is 6.54 Å². The molecular weight excluding hydrogens is 218 g/mol. The third-order valence-corrected chi connectivity index (χ3v) is 2.53. The molecule has 0 fully saturated rings. The monoisotopic (exact) mass is 239 g/mol. The zero-order valence-electron chi connectivity index (χ0n) is 10.4. The van der Waals surface area contributed by atoms with Gasteiger partial charge in [-0.25, -0.2) is 4.98 Å². The van der Waals surface area contributed by atoms with Crippen LogP contribution in [0.2, 0.25) is 0 Å². The predicted molar refractivity (Wildman–Crippen MR) is 64.8 cm³/mol. The van der Waals surface area contributed by atoms with Crippen molar-refractivity contribution in [3.63, 3.8) is 0 Å². The predicted octanol–water partition coefficient (Wildman–Crippen LogP) is 0.432. The van der Waals surface area contributed by atoms with E-state index in [0.29, 0.717) is 31.3 Å². The van der Waals surface area contributed by atoms with Crippen molar-refractivity contribution in [3.8, 4) is 0 Å². The van der Waals surface area contributed by atoms with Crippen LogP contribution in [0.25, 0.3) is 0 Å². The summed E-state index contributed by atoms with van der Waals surface area (Å²) in [5, 5.41) is 9.20. The SMILES string of the molecule is CC(C)C[C@H](CN)CC(=O)NCc1ncn[nH]1. The lowest BCUT2D eigenvalue weighted by atomic mass is 9.94. The Hall–Kier alpha value is -1.43. The van der Waals surface area contributed by atoms with Gasteiger partial charge in [0.25, 0.3) is 0 Å². The molecule has 4 N–H and O–H groups in total. The van der Waals surface area contributed by atoms with Crippen molar-refractivity contribution in [2.24, 2.45) is 17.6 Å². The fourth-order valence-corrected chi connectivity index (χ4v) is 1.76. The molecule has 0 aromatic carbocycles. The Bertz CT molecular complexity index is 323. The van der Waals surface area contributed by atoms with Crippen molar-refractivity contribution in [1.29, 1.82) is 0 Å². The van der Waals surface area contributed by atoms with Crippen molar-refractivity contribution >= 4 is 5.91 Å². The number of aromatic nitrogens is 3. The summed E-state index contributed by atoms with van der Waals surface area (Å²) < 4.78 is 0. The van der Waals surface area contributed by atoms with E-state index >= 15 is 0 Å². The van der Waals surface area contributed by atoms with Gasteiger partial charge < -0.3 is 11.1 Å². The Labute approximate surface area is 101 Å². The van der Waals surface area contributed by atoms with E-state index in [1.165, 1.54) is 6.33 Å². The molecule has 0 unspecified atom stereocenters. The maximum absolute atomic E-state index is 11.7. The van der Waals surface area contributed by atoms with Gasteiger partial charge in [0.2, 0.25) is 5.91 Å². The second-order valence-corrected chi connectivity index (χ2v) is 4.64. The van der Waals surface area contributed by atoms with E-state index in [1.807, 2.05) is 0 Å². The van der Waals surface area contributed by atoms with Crippen molar-refractivity contribution in [1.82, 2.24) is 20.5 Å². The largest absolute Gasteiger partial charge is 0.349 e. The number of carbonyl (C=O) groups is 1. The van der Waals surface area contributed by atoms with Crippen molar-refractivity contribution in [2.45, 2.75) is 33.2 Å². The van der Waals surface area contributed by atoms with Crippen molar-refractivity contribution in [3.05, 3.63) is 12.2 Å². The maximum atomic E-state index is 11.7. The lowest BCUT2D eigenvalue weighted by Crippen LogP contribution is -2.28. The smallest absolute Gasteiger partial charge is 0.220 e. The fraction of sp³-hybridized carbons (Fsp3) is 0.727. The Morgan fingerprint density at radius 2 is 2.35 bits per heavy atom. The van der Waals surface area contributed by atoms with Crippen LogP contribution in [0.3, 0.4) is 0 Å². The van der Waals surface area contributed by atoms with Gasteiger partial charge in [-0.05, 0) is 24.8 Å². The first-order valence-corrected chi connectivity index (χ1v) is 5.92. The first-order valence-electron chi connectivity index (χ1n) is 5.92. The van der Waals surface area contributed by atoms with E-state index in [1.54, 1.807) is 0 Å². The molecule has 1 heterocycles. The summed E-state index contributed by atoms with van der Waals surface area (Å²) in [4.78, 5) is 15.6. The zero-order chi connectivity index (χ0) is 12.7. The number of rotatable bonds is 7.